The van der Waals surface area contributed by atoms with Crippen LogP contribution in [-0.4, -0.2) is 27.9 Å². The van der Waals surface area contributed by atoms with Crippen molar-refractivity contribution in [3.63, 3.8) is 0 Å². The van der Waals surface area contributed by atoms with E-state index in [9.17, 15) is 19.1 Å². The number of carbonyl (C=O) groups is 2. The van der Waals surface area contributed by atoms with Crippen LogP contribution >= 0.6 is 11.3 Å². The summed E-state index contributed by atoms with van der Waals surface area (Å²) in [5.74, 6) is -2.77. The smallest absolute Gasteiger partial charge is 0.301 e. The number of aliphatic hydroxyl groups excluding tert-OH is 1. The number of hydrogen-bond donors (Lipinski definition) is 1. The minimum atomic E-state index is -1.26. The molecule has 180 valence electrons. The summed E-state index contributed by atoms with van der Waals surface area (Å²) in [7, 11) is 0. The van der Waals surface area contributed by atoms with E-state index in [0.717, 1.165) is 21.8 Å². The van der Waals surface area contributed by atoms with Gasteiger partial charge in [-0.3, -0.25) is 14.5 Å². The molecule has 1 saturated heterocycles. The molecule has 1 amide bonds. The molecule has 2 atom stereocenters. The molecule has 4 aromatic rings. The van der Waals surface area contributed by atoms with Gasteiger partial charge >= 0.3 is 5.91 Å². The fourth-order valence-corrected chi connectivity index (χ4v) is 5.75. The quantitative estimate of drug-likeness (QED) is 0.226. The summed E-state index contributed by atoms with van der Waals surface area (Å²) in [5, 5.41) is 11.4. The van der Waals surface area contributed by atoms with Crippen molar-refractivity contribution in [2.24, 2.45) is 0 Å². The predicted octanol–water partition coefficient (Wildman–Crippen LogP) is 5.52. The summed E-state index contributed by atoms with van der Waals surface area (Å²) in [5.41, 5.74) is 1.39. The number of amides is 1. The first-order chi connectivity index (χ1) is 17.3. The van der Waals surface area contributed by atoms with Crippen molar-refractivity contribution in [3.8, 4) is 5.75 Å². The first-order valence-corrected chi connectivity index (χ1v) is 12.0. The van der Waals surface area contributed by atoms with Gasteiger partial charge in [0.2, 0.25) is 0 Å². The summed E-state index contributed by atoms with van der Waals surface area (Å²) in [6.45, 7) is 1.92. The Hall–Kier alpha value is -4.11. The van der Waals surface area contributed by atoms with Crippen molar-refractivity contribution in [1.29, 1.82) is 0 Å². The highest BCUT2D eigenvalue weighted by Gasteiger charge is 2.49. The van der Waals surface area contributed by atoms with E-state index in [1.165, 1.54) is 36.4 Å². The van der Waals surface area contributed by atoms with Crippen LogP contribution in [0, 0.1) is 11.6 Å². The normalized spacial score (nSPS) is 20.7. The Morgan fingerprint density at radius 2 is 1.92 bits per heavy atom. The Kier molecular flexibility index (Phi) is 5.11. The largest absolute Gasteiger partial charge is 0.507 e. The monoisotopic (exact) mass is 504 g/mol. The second-order valence-electron chi connectivity index (χ2n) is 8.75. The number of hydrogen-bond acceptors (Lipinski definition) is 6. The summed E-state index contributed by atoms with van der Waals surface area (Å²) in [6.07, 6.45) is 0.606. The summed E-state index contributed by atoms with van der Waals surface area (Å²) in [4.78, 5) is 32.1. The highest BCUT2D eigenvalue weighted by Crippen LogP contribution is 2.45. The molecule has 6 nitrogen and oxygen atoms in total. The zero-order valence-corrected chi connectivity index (χ0v) is 19.7. The fourth-order valence-electron chi connectivity index (χ4n) is 4.74. The summed E-state index contributed by atoms with van der Waals surface area (Å²) in [6, 6.07) is 13.5. The second-order valence-corrected chi connectivity index (χ2v) is 9.76. The average molecular weight is 505 g/mol. The van der Waals surface area contributed by atoms with Crippen molar-refractivity contribution in [3.05, 3.63) is 94.6 Å². The van der Waals surface area contributed by atoms with Gasteiger partial charge in [0.1, 0.15) is 35.3 Å². The lowest BCUT2D eigenvalue weighted by Crippen LogP contribution is -2.29. The van der Waals surface area contributed by atoms with Crippen molar-refractivity contribution in [2.75, 3.05) is 4.90 Å². The maximum atomic E-state index is 15.1. The minimum Gasteiger partial charge on any atom is -0.507 e. The van der Waals surface area contributed by atoms with Crippen LogP contribution in [0.5, 0.6) is 5.75 Å². The molecule has 2 aliphatic rings. The second kappa shape index (κ2) is 8.23. The zero-order chi connectivity index (χ0) is 25.1. The SMILES string of the molecule is CC1Cc2cc(/C(O)=C3\C(=O)C(=O)N(c4nc5ccc(F)cc5s4)C3c3ccccc3F)ccc2O1. The van der Waals surface area contributed by atoms with Gasteiger partial charge in [0.05, 0.1) is 15.8 Å². The van der Waals surface area contributed by atoms with Crippen LogP contribution in [0.4, 0.5) is 13.9 Å². The third-order valence-electron chi connectivity index (χ3n) is 6.36. The van der Waals surface area contributed by atoms with Crippen LogP contribution in [-0.2, 0) is 16.0 Å². The molecule has 0 radical (unpaired) electrons. The maximum absolute atomic E-state index is 15.1. The van der Waals surface area contributed by atoms with Crippen LogP contribution in [0.2, 0.25) is 0 Å². The molecule has 1 aromatic heterocycles. The van der Waals surface area contributed by atoms with Crippen molar-refractivity contribution in [1.82, 2.24) is 4.98 Å². The molecule has 2 unspecified atom stereocenters. The lowest BCUT2D eigenvalue weighted by Gasteiger charge is -2.23. The molecule has 0 saturated carbocycles. The van der Waals surface area contributed by atoms with E-state index >= 15 is 4.39 Å². The van der Waals surface area contributed by atoms with Gasteiger partial charge in [-0.2, -0.15) is 0 Å². The topological polar surface area (TPSA) is 79.7 Å². The number of ether oxygens (including phenoxy) is 1. The molecular formula is C27H18F2N2O4S. The Morgan fingerprint density at radius 1 is 1.11 bits per heavy atom. The summed E-state index contributed by atoms with van der Waals surface area (Å²) < 4.78 is 35.0. The number of halogens is 2. The number of carbonyl (C=O) groups excluding carboxylic acids is 2. The molecule has 6 rings (SSSR count). The fraction of sp³-hybridized carbons (Fsp3) is 0.148. The van der Waals surface area contributed by atoms with Gasteiger partial charge in [0.25, 0.3) is 5.78 Å². The number of ketones is 1. The molecule has 0 aliphatic carbocycles. The van der Waals surface area contributed by atoms with E-state index in [1.54, 1.807) is 24.3 Å². The third-order valence-corrected chi connectivity index (χ3v) is 7.38. The van der Waals surface area contributed by atoms with Crippen LogP contribution in [0.3, 0.4) is 0 Å². The average Bonchev–Trinajstić information content (AvgIpc) is 3.51. The predicted molar refractivity (Wildman–Crippen MR) is 131 cm³/mol. The Balaban J connectivity index is 1.55. The minimum absolute atomic E-state index is 0.0229. The van der Waals surface area contributed by atoms with E-state index in [4.69, 9.17) is 4.74 Å². The lowest BCUT2D eigenvalue weighted by atomic mass is 9.94. The molecule has 9 heteroatoms. The molecule has 0 spiro atoms. The van der Waals surface area contributed by atoms with Crippen molar-refractivity contribution in [2.45, 2.75) is 25.5 Å². The number of anilines is 1. The van der Waals surface area contributed by atoms with E-state index in [-0.39, 0.29) is 22.4 Å². The van der Waals surface area contributed by atoms with E-state index in [1.807, 2.05) is 6.92 Å². The molecule has 2 aliphatic heterocycles. The molecule has 3 aromatic carbocycles. The highest BCUT2D eigenvalue weighted by molar-refractivity contribution is 7.22. The molecule has 1 fully saturated rings. The van der Waals surface area contributed by atoms with Gasteiger partial charge < -0.3 is 9.84 Å². The lowest BCUT2D eigenvalue weighted by molar-refractivity contribution is -0.132. The molecule has 36 heavy (non-hydrogen) atoms. The van der Waals surface area contributed by atoms with Crippen molar-refractivity contribution < 1.29 is 28.2 Å². The molecule has 1 N–H and O–H groups in total. The van der Waals surface area contributed by atoms with E-state index < -0.39 is 35.1 Å². The number of thiazole rings is 1. The van der Waals surface area contributed by atoms with Gasteiger partial charge in [0, 0.05) is 17.5 Å². The van der Waals surface area contributed by atoms with Gasteiger partial charge in [-0.1, -0.05) is 29.5 Å². The van der Waals surface area contributed by atoms with E-state index in [0.29, 0.717) is 28.0 Å². The van der Waals surface area contributed by atoms with Gasteiger partial charge in [0.15, 0.2) is 5.13 Å². The number of benzene rings is 3. The molecule has 3 heterocycles. The number of rotatable bonds is 3. The van der Waals surface area contributed by atoms with Crippen LogP contribution < -0.4 is 9.64 Å². The molecule has 0 bridgehead atoms. The Bertz CT molecular complexity index is 1610. The summed E-state index contributed by atoms with van der Waals surface area (Å²) >= 11 is 1.00. The standard InChI is InChI=1S/C27H18F2N2O4S/c1-13-10-15-11-14(6-9-20(15)35-13)24(32)22-23(17-4-2-3-5-18(17)29)31(26(34)25(22)33)27-30-19-8-7-16(28)12-21(19)36-27/h2-9,11-13,23,32H,10H2,1H3/b24-22+. The van der Waals surface area contributed by atoms with Gasteiger partial charge in [-0.25, -0.2) is 13.8 Å². The number of aromatic nitrogens is 1. The number of Topliss-reactive ketones (excluding diaryl/α,β-unsaturated/α-hetero) is 1. The van der Waals surface area contributed by atoms with Crippen LogP contribution in [0.15, 0.2) is 66.2 Å². The van der Waals surface area contributed by atoms with E-state index in [2.05, 4.69) is 4.98 Å². The van der Waals surface area contributed by atoms with Crippen molar-refractivity contribution >= 4 is 44.1 Å². The highest BCUT2D eigenvalue weighted by atomic mass is 32.1. The zero-order valence-electron chi connectivity index (χ0n) is 18.9. The third kappa shape index (κ3) is 3.46. The van der Waals surface area contributed by atoms with Crippen LogP contribution in [0.1, 0.15) is 29.7 Å². The number of fused-ring (bicyclic) bond motifs is 2. The Morgan fingerprint density at radius 3 is 2.72 bits per heavy atom. The Labute approximate surface area is 208 Å². The number of nitrogens with zero attached hydrogens (tertiary/aromatic N) is 2. The number of aliphatic hydroxyl groups is 1. The van der Waals surface area contributed by atoms with Crippen LogP contribution in [0.25, 0.3) is 16.0 Å². The maximum Gasteiger partial charge on any atom is 0.301 e. The van der Waals surface area contributed by atoms with Gasteiger partial charge in [-0.05, 0) is 55.0 Å². The first-order valence-electron chi connectivity index (χ1n) is 11.2. The molecular weight excluding hydrogens is 486 g/mol. The first kappa shape index (κ1) is 22.4. The van der Waals surface area contributed by atoms with Gasteiger partial charge in [-0.15, -0.1) is 0 Å².